The summed E-state index contributed by atoms with van der Waals surface area (Å²) in [5.41, 5.74) is 2.53. The number of benzene rings is 1. The van der Waals surface area contributed by atoms with Crippen molar-refractivity contribution in [3.8, 4) is 0 Å². The molecule has 0 unspecified atom stereocenters. The highest BCUT2D eigenvalue weighted by atomic mass is 19.1. The first kappa shape index (κ1) is 10.6. The van der Waals surface area contributed by atoms with E-state index in [-0.39, 0.29) is 17.8 Å². The maximum atomic E-state index is 12.7. The van der Waals surface area contributed by atoms with Crippen LogP contribution < -0.4 is 5.48 Å². The van der Waals surface area contributed by atoms with Gasteiger partial charge in [0.05, 0.1) is 18.6 Å². The van der Waals surface area contributed by atoms with Crippen molar-refractivity contribution in [3.05, 3.63) is 39.7 Å². The van der Waals surface area contributed by atoms with E-state index < -0.39 is 10.7 Å². The Hall–Kier alpha value is -1.53. The molecule has 1 aromatic carbocycles. The molecule has 1 aromatic rings. The molecule has 0 bridgehead atoms. The molecule has 0 saturated heterocycles. The molecule has 0 aliphatic carbocycles. The van der Waals surface area contributed by atoms with Crippen molar-refractivity contribution in [1.29, 1.82) is 0 Å². The molecule has 6 heteroatoms. The van der Waals surface area contributed by atoms with Crippen molar-refractivity contribution in [2.45, 2.75) is 6.54 Å². The third kappa shape index (κ3) is 2.48. The Morgan fingerprint density at radius 2 is 2.36 bits per heavy atom. The number of halogens is 1. The Balaban J connectivity index is 2.97. The van der Waals surface area contributed by atoms with Crippen LogP contribution in [0.5, 0.6) is 0 Å². The number of hydroxylamine groups is 1. The van der Waals surface area contributed by atoms with Gasteiger partial charge in [0, 0.05) is 11.6 Å². The number of nitro groups is 1. The van der Waals surface area contributed by atoms with Crippen molar-refractivity contribution >= 4 is 5.69 Å². The normalized spacial score (nSPS) is 10.1. The summed E-state index contributed by atoms with van der Waals surface area (Å²) in [5, 5.41) is 10.5. The van der Waals surface area contributed by atoms with Gasteiger partial charge in [-0.05, 0) is 12.1 Å². The van der Waals surface area contributed by atoms with Crippen molar-refractivity contribution in [2.24, 2.45) is 0 Å². The molecular formula is C8H9FN2O3. The van der Waals surface area contributed by atoms with Crippen LogP contribution in [0, 0.1) is 15.9 Å². The second-order valence-corrected chi connectivity index (χ2v) is 2.56. The second-order valence-electron chi connectivity index (χ2n) is 2.56. The minimum atomic E-state index is -0.563. The Bertz CT molecular complexity index is 343. The topological polar surface area (TPSA) is 64.4 Å². The molecule has 0 aliphatic rings. The van der Waals surface area contributed by atoms with E-state index in [1.54, 1.807) is 0 Å². The molecule has 5 nitrogen and oxygen atoms in total. The molecule has 0 fully saturated rings. The Kier molecular flexibility index (Phi) is 3.49. The van der Waals surface area contributed by atoms with E-state index in [9.17, 15) is 14.5 Å². The van der Waals surface area contributed by atoms with Gasteiger partial charge in [-0.25, -0.2) is 4.39 Å². The van der Waals surface area contributed by atoms with E-state index in [2.05, 4.69) is 10.3 Å². The monoisotopic (exact) mass is 200 g/mol. The van der Waals surface area contributed by atoms with E-state index in [0.717, 1.165) is 18.2 Å². The van der Waals surface area contributed by atoms with E-state index in [1.165, 1.54) is 7.11 Å². The van der Waals surface area contributed by atoms with E-state index in [4.69, 9.17) is 0 Å². The van der Waals surface area contributed by atoms with Crippen molar-refractivity contribution in [2.75, 3.05) is 7.11 Å². The summed E-state index contributed by atoms with van der Waals surface area (Å²) in [6, 6.07) is 3.28. The fourth-order valence-corrected chi connectivity index (χ4v) is 1.02. The van der Waals surface area contributed by atoms with Gasteiger partial charge in [0.15, 0.2) is 0 Å². The lowest BCUT2D eigenvalue weighted by molar-refractivity contribution is -0.385. The minimum Gasteiger partial charge on any atom is -0.305 e. The van der Waals surface area contributed by atoms with E-state index in [0.29, 0.717) is 0 Å². The maximum Gasteiger partial charge on any atom is 0.274 e. The number of hydrogen-bond acceptors (Lipinski definition) is 4. The molecule has 0 radical (unpaired) electrons. The lowest BCUT2D eigenvalue weighted by Gasteiger charge is -2.03. The molecule has 0 heterocycles. The highest BCUT2D eigenvalue weighted by Crippen LogP contribution is 2.18. The SMILES string of the molecule is CONCc1cc(F)ccc1[N+](=O)[O-]. The zero-order valence-electron chi connectivity index (χ0n) is 7.49. The van der Waals surface area contributed by atoms with Gasteiger partial charge in [-0.1, -0.05) is 0 Å². The molecule has 0 aromatic heterocycles. The molecule has 0 spiro atoms. The first-order chi connectivity index (χ1) is 6.65. The Morgan fingerprint density at radius 1 is 1.64 bits per heavy atom. The predicted octanol–water partition coefficient (Wildman–Crippen LogP) is 1.38. The largest absolute Gasteiger partial charge is 0.305 e. The second kappa shape index (κ2) is 4.64. The zero-order chi connectivity index (χ0) is 10.6. The van der Waals surface area contributed by atoms with Crippen LogP contribution in [-0.2, 0) is 11.4 Å². The van der Waals surface area contributed by atoms with Gasteiger partial charge < -0.3 is 4.84 Å². The van der Waals surface area contributed by atoms with Crippen LogP contribution in [0.25, 0.3) is 0 Å². The summed E-state index contributed by atoms with van der Waals surface area (Å²) >= 11 is 0. The highest BCUT2D eigenvalue weighted by Gasteiger charge is 2.13. The molecular weight excluding hydrogens is 191 g/mol. The van der Waals surface area contributed by atoms with E-state index in [1.807, 2.05) is 0 Å². The fourth-order valence-electron chi connectivity index (χ4n) is 1.02. The van der Waals surface area contributed by atoms with Gasteiger partial charge in [-0.2, -0.15) is 5.48 Å². The third-order valence-corrected chi connectivity index (χ3v) is 1.65. The number of nitro benzene ring substituents is 1. The summed E-state index contributed by atoms with van der Waals surface area (Å²) in [5.74, 6) is -0.511. The third-order valence-electron chi connectivity index (χ3n) is 1.65. The summed E-state index contributed by atoms with van der Waals surface area (Å²) in [7, 11) is 1.38. The fraction of sp³-hybridized carbons (Fsp3) is 0.250. The van der Waals surface area contributed by atoms with Crippen LogP contribution in [0.3, 0.4) is 0 Å². The summed E-state index contributed by atoms with van der Waals surface area (Å²) in [4.78, 5) is 14.5. The number of hydrogen-bond donors (Lipinski definition) is 1. The maximum absolute atomic E-state index is 12.7. The van der Waals surface area contributed by atoms with Crippen LogP contribution >= 0.6 is 0 Å². The van der Waals surface area contributed by atoms with E-state index >= 15 is 0 Å². The zero-order valence-corrected chi connectivity index (χ0v) is 7.49. The first-order valence-corrected chi connectivity index (χ1v) is 3.84. The van der Waals surface area contributed by atoms with Crippen LogP contribution in [-0.4, -0.2) is 12.0 Å². The van der Waals surface area contributed by atoms with Gasteiger partial charge in [0.2, 0.25) is 0 Å². The average Bonchev–Trinajstić information content (AvgIpc) is 2.14. The van der Waals surface area contributed by atoms with Gasteiger partial charge in [0.25, 0.3) is 5.69 Å². The van der Waals surface area contributed by atoms with Crippen molar-refractivity contribution in [1.82, 2.24) is 5.48 Å². The quantitative estimate of drug-likeness (QED) is 0.589. The average molecular weight is 200 g/mol. The number of nitrogens with zero attached hydrogens (tertiary/aromatic N) is 1. The molecule has 0 atom stereocenters. The van der Waals surface area contributed by atoms with Crippen LogP contribution in [0.1, 0.15) is 5.56 Å². The standard InChI is InChI=1S/C8H9FN2O3/c1-14-10-5-6-4-7(9)2-3-8(6)11(12)13/h2-4,10H,5H2,1H3. The highest BCUT2D eigenvalue weighted by molar-refractivity contribution is 5.40. The molecule has 0 aliphatic heterocycles. The Labute approximate surface area is 79.6 Å². The first-order valence-electron chi connectivity index (χ1n) is 3.84. The number of nitrogens with one attached hydrogen (secondary N) is 1. The lowest BCUT2D eigenvalue weighted by atomic mass is 10.2. The summed E-state index contributed by atoms with van der Waals surface area (Å²) in [6.07, 6.45) is 0. The van der Waals surface area contributed by atoms with Crippen LogP contribution in [0.4, 0.5) is 10.1 Å². The van der Waals surface area contributed by atoms with Crippen LogP contribution in [0.2, 0.25) is 0 Å². The van der Waals surface area contributed by atoms with Crippen LogP contribution in [0.15, 0.2) is 18.2 Å². The summed E-state index contributed by atoms with van der Waals surface area (Å²) < 4.78 is 12.7. The van der Waals surface area contributed by atoms with Gasteiger partial charge in [0.1, 0.15) is 5.82 Å². The molecule has 14 heavy (non-hydrogen) atoms. The molecule has 0 saturated carbocycles. The summed E-state index contributed by atoms with van der Waals surface area (Å²) in [6.45, 7) is 0.0879. The van der Waals surface area contributed by atoms with Crippen molar-refractivity contribution < 1.29 is 14.2 Å². The number of rotatable bonds is 4. The lowest BCUT2D eigenvalue weighted by Crippen LogP contribution is -2.12. The molecule has 1 rings (SSSR count). The molecule has 0 amide bonds. The van der Waals surface area contributed by atoms with Gasteiger partial charge in [-0.3, -0.25) is 10.1 Å². The molecule has 1 N–H and O–H groups in total. The minimum absolute atomic E-state index is 0.0879. The predicted molar refractivity (Wildman–Crippen MR) is 46.9 cm³/mol. The molecule has 76 valence electrons. The van der Waals surface area contributed by atoms with Gasteiger partial charge >= 0.3 is 0 Å². The Morgan fingerprint density at radius 3 is 2.93 bits per heavy atom. The van der Waals surface area contributed by atoms with Crippen molar-refractivity contribution in [3.63, 3.8) is 0 Å². The van der Waals surface area contributed by atoms with Gasteiger partial charge in [-0.15, -0.1) is 0 Å². The smallest absolute Gasteiger partial charge is 0.274 e.